The van der Waals surface area contributed by atoms with Crippen LogP contribution in [0, 0.1) is 18.3 Å². The molecule has 8 heteroatoms. The van der Waals surface area contributed by atoms with E-state index in [2.05, 4.69) is 5.32 Å². The molecule has 2 heterocycles. The maximum atomic E-state index is 13.2. The lowest BCUT2D eigenvalue weighted by Crippen LogP contribution is -2.30. The monoisotopic (exact) mass is 500 g/mol. The molecule has 1 aliphatic rings. The highest BCUT2D eigenvalue weighted by Gasteiger charge is 2.32. The smallest absolute Gasteiger partial charge is 0.270 e. The van der Waals surface area contributed by atoms with Gasteiger partial charge in [-0.2, -0.15) is 5.26 Å². The van der Waals surface area contributed by atoms with Crippen LogP contribution in [0.4, 0.5) is 5.82 Å². The Morgan fingerprint density at radius 2 is 1.69 bits per heavy atom. The van der Waals surface area contributed by atoms with E-state index in [9.17, 15) is 14.9 Å². The molecular formula is C27H24N4O2S2. The van der Waals surface area contributed by atoms with E-state index in [1.807, 2.05) is 66.7 Å². The Balaban J connectivity index is 1.67. The lowest BCUT2D eigenvalue weighted by atomic mass is 10.0. The number of benzene rings is 2. The number of thioether (sulfide) groups is 1. The predicted octanol–water partition coefficient (Wildman–Crippen LogP) is 4.62. The van der Waals surface area contributed by atoms with Crippen LogP contribution in [0.25, 0.3) is 6.08 Å². The summed E-state index contributed by atoms with van der Waals surface area (Å²) in [7, 11) is 1.62. The van der Waals surface area contributed by atoms with E-state index < -0.39 is 0 Å². The number of rotatable bonds is 7. The number of carbonyl (C=O) groups is 1. The third-order valence-electron chi connectivity index (χ3n) is 5.92. The maximum absolute atomic E-state index is 13.2. The quantitative estimate of drug-likeness (QED) is 0.377. The molecule has 3 aromatic rings. The van der Waals surface area contributed by atoms with Crippen molar-refractivity contribution in [2.45, 2.75) is 19.9 Å². The number of nitrogens with zero attached hydrogens (tertiary/aromatic N) is 3. The number of nitriles is 1. The number of aromatic nitrogens is 1. The van der Waals surface area contributed by atoms with Crippen molar-refractivity contribution in [2.75, 3.05) is 11.9 Å². The van der Waals surface area contributed by atoms with Crippen LogP contribution in [0.3, 0.4) is 0 Å². The fraction of sp³-hybridized carbons (Fsp3) is 0.185. The molecule has 1 aliphatic heterocycles. The molecule has 4 rings (SSSR count). The molecule has 0 aliphatic carbocycles. The van der Waals surface area contributed by atoms with Crippen LogP contribution in [-0.2, 0) is 24.8 Å². The van der Waals surface area contributed by atoms with E-state index in [4.69, 9.17) is 12.2 Å². The van der Waals surface area contributed by atoms with Gasteiger partial charge in [-0.3, -0.25) is 19.1 Å². The summed E-state index contributed by atoms with van der Waals surface area (Å²) in [4.78, 5) is 28.1. The second kappa shape index (κ2) is 10.7. The fourth-order valence-corrected chi connectivity index (χ4v) is 5.23. The predicted molar refractivity (Wildman–Crippen MR) is 145 cm³/mol. The average Bonchev–Trinajstić information content (AvgIpc) is 3.14. The number of carbonyl (C=O) groups excluding carboxylic acids is 1. The molecule has 2 aromatic carbocycles. The largest absolute Gasteiger partial charge is 0.367 e. The molecule has 1 saturated heterocycles. The topological polar surface area (TPSA) is 78.1 Å². The molecule has 6 nitrogen and oxygen atoms in total. The first-order chi connectivity index (χ1) is 16.9. The van der Waals surface area contributed by atoms with Crippen LogP contribution in [0.15, 0.2) is 70.4 Å². The maximum Gasteiger partial charge on any atom is 0.270 e. The van der Waals surface area contributed by atoms with E-state index in [1.165, 1.54) is 16.3 Å². The van der Waals surface area contributed by atoms with Gasteiger partial charge < -0.3 is 5.32 Å². The number of amides is 1. The standard InChI is InChI=1S/C27H24N4O2S2/c1-18-21(15-23-26(33)31(27(34)35-23)14-13-19-9-5-3-6-10-19)24(30(2)25(32)22(18)16-28)29-17-20-11-7-4-8-12-20/h3-12,15,29H,13-14,17H2,1-2H3/b23-15+. The zero-order chi connectivity index (χ0) is 24.9. The van der Waals surface area contributed by atoms with Crippen LogP contribution in [0.1, 0.15) is 27.8 Å². The Morgan fingerprint density at radius 3 is 2.31 bits per heavy atom. The van der Waals surface area contributed by atoms with E-state index in [0.717, 1.165) is 11.1 Å². The number of anilines is 1. The molecule has 1 aromatic heterocycles. The molecule has 0 atom stereocenters. The molecule has 1 fully saturated rings. The lowest BCUT2D eigenvalue weighted by molar-refractivity contribution is -0.122. The van der Waals surface area contributed by atoms with Crippen LogP contribution < -0.4 is 10.9 Å². The van der Waals surface area contributed by atoms with Crippen molar-refractivity contribution in [1.82, 2.24) is 9.47 Å². The van der Waals surface area contributed by atoms with Crippen LogP contribution >= 0.6 is 24.0 Å². The summed E-state index contributed by atoms with van der Waals surface area (Å²) < 4.78 is 1.93. The highest BCUT2D eigenvalue weighted by molar-refractivity contribution is 8.26. The number of pyridine rings is 1. The Labute approximate surface area is 213 Å². The molecule has 0 radical (unpaired) electrons. The first kappa shape index (κ1) is 24.5. The molecule has 0 unspecified atom stereocenters. The molecule has 1 N–H and O–H groups in total. The van der Waals surface area contributed by atoms with Gasteiger partial charge in [-0.05, 0) is 36.1 Å². The summed E-state index contributed by atoms with van der Waals surface area (Å²) in [5.41, 5.74) is 3.01. The van der Waals surface area contributed by atoms with Crippen molar-refractivity contribution in [3.63, 3.8) is 0 Å². The molecule has 176 valence electrons. The van der Waals surface area contributed by atoms with Crippen molar-refractivity contribution in [3.05, 3.63) is 104 Å². The second-order valence-electron chi connectivity index (χ2n) is 8.15. The highest BCUT2D eigenvalue weighted by atomic mass is 32.2. The molecule has 0 bridgehead atoms. The van der Waals surface area contributed by atoms with Crippen LogP contribution in [-0.4, -0.2) is 26.2 Å². The molecule has 0 spiro atoms. The average molecular weight is 501 g/mol. The van der Waals surface area contributed by atoms with Gasteiger partial charge in [-0.1, -0.05) is 84.6 Å². The fourth-order valence-electron chi connectivity index (χ4n) is 3.94. The second-order valence-corrected chi connectivity index (χ2v) is 9.82. The Hall–Kier alpha value is -3.67. The lowest BCUT2D eigenvalue weighted by Gasteiger charge is -2.18. The van der Waals surface area contributed by atoms with Crippen molar-refractivity contribution < 1.29 is 4.79 Å². The summed E-state index contributed by atoms with van der Waals surface area (Å²) >= 11 is 6.74. The van der Waals surface area contributed by atoms with Gasteiger partial charge in [0.1, 0.15) is 21.8 Å². The minimum absolute atomic E-state index is 0.0589. The SMILES string of the molecule is Cc1c(/C=C2/SC(=S)N(CCc3ccccc3)C2=O)c(NCc2ccccc2)n(C)c(=O)c1C#N. The van der Waals surface area contributed by atoms with E-state index in [0.29, 0.717) is 45.7 Å². The summed E-state index contributed by atoms with van der Waals surface area (Å²) in [5.74, 6) is 0.376. The van der Waals surface area contributed by atoms with Gasteiger partial charge in [-0.25, -0.2) is 0 Å². The zero-order valence-electron chi connectivity index (χ0n) is 19.4. The molecule has 1 amide bonds. The van der Waals surface area contributed by atoms with E-state index in [-0.39, 0.29) is 17.0 Å². The van der Waals surface area contributed by atoms with Crippen LogP contribution in [0.2, 0.25) is 0 Å². The van der Waals surface area contributed by atoms with Gasteiger partial charge in [0, 0.05) is 25.7 Å². The van der Waals surface area contributed by atoms with Gasteiger partial charge in [0.15, 0.2) is 0 Å². The van der Waals surface area contributed by atoms with E-state index >= 15 is 0 Å². The van der Waals surface area contributed by atoms with Crippen molar-refractivity contribution in [2.24, 2.45) is 7.05 Å². The summed E-state index contributed by atoms with van der Waals surface area (Å²) in [6.45, 7) is 2.70. The number of thiocarbonyl (C=S) groups is 1. The van der Waals surface area contributed by atoms with Crippen molar-refractivity contribution >= 4 is 46.1 Å². The first-order valence-electron chi connectivity index (χ1n) is 11.1. The Kier molecular flexibility index (Phi) is 7.49. The summed E-state index contributed by atoms with van der Waals surface area (Å²) in [5, 5.41) is 12.9. The normalized spacial score (nSPS) is 14.4. The Morgan fingerprint density at radius 1 is 1.06 bits per heavy atom. The number of hydrogen-bond donors (Lipinski definition) is 1. The van der Waals surface area contributed by atoms with Gasteiger partial charge in [0.2, 0.25) is 0 Å². The van der Waals surface area contributed by atoms with Gasteiger partial charge >= 0.3 is 0 Å². The summed E-state index contributed by atoms with van der Waals surface area (Å²) in [6, 6.07) is 21.8. The van der Waals surface area contributed by atoms with E-state index in [1.54, 1.807) is 24.9 Å². The number of nitrogens with one attached hydrogen (secondary N) is 1. The third-order valence-corrected chi connectivity index (χ3v) is 7.30. The van der Waals surface area contributed by atoms with Crippen molar-refractivity contribution in [3.8, 4) is 6.07 Å². The first-order valence-corrected chi connectivity index (χ1v) is 12.3. The van der Waals surface area contributed by atoms with Gasteiger partial charge in [-0.15, -0.1) is 0 Å². The third kappa shape index (κ3) is 5.21. The van der Waals surface area contributed by atoms with Crippen molar-refractivity contribution in [1.29, 1.82) is 5.26 Å². The van der Waals surface area contributed by atoms with Gasteiger partial charge in [0.05, 0.1) is 4.91 Å². The summed E-state index contributed by atoms with van der Waals surface area (Å²) in [6.07, 6.45) is 2.44. The highest BCUT2D eigenvalue weighted by Crippen LogP contribution is 2.35. The Bertz CT molecular complexity index is 1410. The minimum Gasteiger partial charge on any atom is -0.367 e. The van der Waals surface area contributed by atoms with Gasteiger partial charge in [0.25, 0.3) is 11.5 Å². The molecule has 0 saturated carbocycles. The zero-order valence-corrected chi connectivity index (χ0v) is 21.1. The minimum atomic E-state index is -0.381. The molecule has 35 heavy (non-hydrogen) atoms. The van der Waals surface area contributed by atoms with Crippen LogP contribution in [0.5, 0.6) is 0 Å². The number of hydrogen-bond acceptors (Lipinski definition) is 6. The molecular weight excluding hydrogens is 476 g/mol.